The molecule has 0 aliphatic carbocycles. The van der Waals surface area contributed by atoms with Crippen LogP contribution in [0.1, 0.15) is 0 Å². The second-order valence-electron chi connectivity index (χ2n) is 3.85. The molecule has 0 saturated heterocycles. The topological polar surface area (TPSA) is 72.2 Å². The van der Waals surface area contributed by atoms with Gasteiger partial charge in [0.25, 0.3) is 5.56 Å². The minimum atomic E-state index is -0.428. The molecular formula is C9H17N5O2. The maximum atomic E-state index is 11.6. The number of anilines is 1. The third kappa shape index (κ3) is 2.69. The van der Waals surface area contributed by atoms with E-state index in [0.29, 0.717) is 6.54 Å². The van der Waals surface area contributed by atoms with E-state index in [-0.39, 0.29) is 5.82 Å². The zero-order chi connectivity index (χ0) is 12.3. The number of hydrogen-bond donors (Lipinski definition) is 1. The van der Waals surface area contributed by atoms with Crippen molar-refractivity contribution in [2.75, 3.05) is 32.5 Å². The van der Waals surface area contributed by atoms with Crippen LogP contribution in [0.15, 0.2) is 9.59 Å². The second-order valence-corrected chi connectivity index (χ2v) is 3.85. The van der Waals surface area contributed by atoms with Gasteiger partial charge in [0.15, 0.2) is 0 Å². The van der Waals surface area contributed by atoms with Gasteiger partial charge in [-0.25, -0.2) is 9.48 Å². The Morgan fingerprint density at radius 3 is 2.50 bits per heavy atom. The van der Waals surface area contributed by atoms with Gasteiger partial charge < -0.3 is 10.2 Å². The van der Waals surface area contributed by atoms with E-state index in [9.17, 15) is 9.59 Å². The van der Waals surface area contributed by atoms with E-state index < -0.39 is 11.2 Å². The number of nitrogens with zero attached hydrogens (tertiary/aromatic N) is 4. The Bertz CT molecular complexity index is 474. The van der Waals surface area contributed by atoms with Crippen LogP contribution < -0.4 is 16.6 Å². The molecule has 7 heteroatoms. The molecule has 1 aromatic heterocycles. The van der Waals surface area contributed by atoms with Gasteiger partial charge in [-0.15, -0.1) is 5.10 Å². The van der Waals surface area contributed by atoms with Crippen molar-refractivity contribution in [3.8, 4) is 0 Å². The second kappa shape index (κ2) is 4.93. The van der Waals surface area contributed by atoms with Gasteiger partial charge >= 0.3 is 5.69 Å². The summed E-state index contributed by atoms with van der Waals surface area (Å²) >= 11 is 0. The molecule has 16 heavy (non-hydrogen) atoms. The van der Waals surface area contributed by atoms with Crippen LogP contribution in [0.5, 0.6) is 0 Å². The summed E-state index contributed by atoms with van der Waals surface area (Å²) in [4.78, 5) is 25.0. The fourth-order valence-corrected chi connectivity index (χ4v) is 1.21. The molecule has 90 valence electrons. The summed E-state index contributed by atoms with van der Waals surface area (Å²) in [5, 5.41) is 6.78. The van der Waals surface area contributed by atoms with Crippen molar-refractivity contribution in [2.45, 2.75) is 0 Å². The van der Waals surface area contributed by atoms with Gasteiger partial charge in [0.2, 0.25) is 5.82 Å². The Labute approximate surface area is 93.3 Å². The van der Waals surface area contributed by atoms with Gasteiger partial charge in [0.05, 0.1) is 0 Å². The van der Waals surface area contributed by atoms with E-state index in [2.05, 4.69) is 10.4 Å². The summed E-state index contributed by atoms with van der Waals surface area (Å²) in [5.41, 5.74) is -0.829. The summed E-state index contributed by atoms with van der Waals surface area (Å²) in [5.74, 6) is 0.200. The molecule has 0 bridgehead atoms. The van der Waals surface area contributed by atoms with Crippen molar-refractivity contribution in [3.63, 3.8) is 0 Å². The fraction of sp³-hybridized carbons (Fsp3) is 0.667. The molecule has 0 aliphatic rings. The van der Waals surface area contributed by atoms with E-state index >= 15 is 0 Å². The van der Waals surface area contributed by atoms with Crippen LogP contribution in [0.3, 0.4) is 0 Å². The average Bonchev–Trinajstić information content (AvgIpc) is 2.22. The molecule has 0 aliphatic heterocycles. The van der Waals surface area contributed by atoms with Gasteiger partial charge in [0.1, 0.15) is 0 Å². The minimum Gasteiger partial charge on any atom is -0.363 e. The van der Waals surface area contributed by atoms with Crippen molar-refractivity contribution in [1.82, 2.24) is 19.2 Å². The van der Waals surface area contributed by atoms with Gasteiger partial charge in [-0.1, -0.05) is 0 Å². The SMILES string of the molecule is CN(C)CCNc1nn(C)c(=O)n(C)c1=O. The molecule has 0 radical (unpaired) electrons. The standard InChI is InChI=1S/C9H17N5O2/c1-12(2)6-5-10-7-8(15)13(3)9(16)14(4)11-7/h5-6H2,1-4H3,(H,10,11). The molecule has 1 N–H and O–H groups in total. The lowest BCUT2D eigenvalue weighted by molar-refractivity contribution is 0.424. The lowest BCUT2D eigenvalue weighted by Gasteiger charge is -2.11. The van der Waals surface area contributed by atoms with Crippen LogP contribution in [0.2, 0.25) is 0 Å². The summed E-state index contributed by atoms with van der Waals surface area (Å²) in [6, 6.07) is 0. The van der Waals surface area contributed by atoms with E-state index in [1.165, 1.54) is 14.1 Å². The Hall–Kier alpha value is -1.63. The molecule has 0 fully saturated rings. The summed E-state index contributed by atoms with van der Waals surface area (Å²) in [6.45, 7) is 1.39. The lowest BCUT2D eigenvalue weighted by Crippen LogP contribution is -2.40. The molecule has 0 saturated carbocycles. The molecule has 0 spiro atoms. The number of aryl methyl sites for hydroxylation is 1. The maximum Gasteiger partial charge on any atom is 0.346 e. The van der Waals surface area contributed by atoms with E-state index in [0.717, 1.165) is 15.8 Å². The first-order valence-corrected chi connectivity index (χ1v) is 4.96. The molecule has 0 amide bonds. The molecule has 1 heterocycles. The minimum absolute atomic E-state index is 0.200. The van der Waals surface area contributed by atoms with Crippen LogP contribution >= 0.6 is 0 Å². The number of nitrogens with one attached hydrogen (secondary N) is 1. The summed E-state index contributed by atoms with van der Waals surface area (Å²) in [7, 11) is 6.82. The Morgan fingerprint density at radius 1 is 1.31 bits per heavy atom. The highest BCUT2D eigenvalue weighted by Crippen LogP contribution is 1.88. The molecule has 1 aromatic rings. The Kier molecular flexibility index (Phi) is 3.83. The highest BCUT2D eigenvalue weighted by atomic mass is 16.2. The molecule has 0 aromatic carbocycles. The van der Waals surface area contributed by atoms with E-state index in [4.69, 9.17) is 0 Å². The van der Waals surface area contributed by atoms with Crippen LogP contribution in [-0.4, -0.2) is 46.4 Å². The average molecular weight is 227 g/mol. The van der Waals surface area contributed by atoms with Gasteiger partial charge in [-0.05, 0) is 14.1 Å². The Morgan fingerprint density at radius 2 is 1.94 bits per heavy atom. The summed E-state index contributed by atoms with van der Waals surface area (Å²) in [6.07, 6.45) is 0. The zero-order valence-corrected chi connectivity index (χ0v) is 10.0. The highest BCUT2D eigenvalue weighted by Gasteiger charge is 2.07. The predicted octanol–water partition coefficient (Wildman–Crippen LogP) is -1.55. The molecule has 7 nitrogen and oxygen atoms in total. The number of hydrogen-bond acceptors (Lipinski definition) is 5. The first-order valence-electron chi connectivity index (χ1n) is 4.96. The van der Waals surface area contributed by atoms with Crippen LogP contribution in [0.4, 0.5) is 5.82 Å². The maximum absolute atomic E-state index is 11.6. The van der Waals surface area contributed by atoms with Crippen molar-refractivity contribution >= 4 is 5.82 Å². The number of aromatic nitrogens is 3. The highest BCUT2D eigenvalue weighted by molar-refractivity contribution is 5.29. The third-order valence-electron chi connectivity index (χ3n) is 2.17. The molecule has 0 unspecified atom stereocenters. The first-order chi connectivity index (χ1) is 7.43. The normalized spacial score (nSPS) is 10.8. The zero-order valence-electron chi connectivity index (χ0n) is 10.0. The largest absolute Gasteiger partial charge is 0.363 e. The monoisotopic (exact) mass is 227 g/mol. The quantitative estimate of drug-likeness (QED) is 0.674. The van der Waals surface area contributed by atoms with Crippen LogP contribution in [0.25, 0.3) is 0 Å². The third-order valence-corrected chi connectivity index (χ3v) is 2.17. The van der Waals surface area contributed by atoms with E-state index in [1.54, 1.807) is 0 Å². The molecule has 0 atom stereocenters. The van der Waals surface area contributed by atoms with Crippen molar-refractivity contribution in [2.24, 2.45) is 14.1 Å². The van der Waals surface area contributed by atoms with Crippen molar-refractivity contribution in [1.29, 1.82) is 0 Å². The van der Waals surface area contributed by atoms with Gasteiger partial charge in [0, 0.05) is 27.2 Å². The van der Waals surface area contributed by atoms with Crippen molar-refractivity contribution in [3.05, 3.63) is 20.8 Å². The fourth-order valence-electron chi connectivity index (χ4n) is 1.21. The van der Waals surface area contributed by atoms with Crippen molar-refractivity contribution < 1.29 is 0 Å². The Balaban J connectivity index is 2.90. The number of rotatable bonds is 4. The predicted molar refractivity (Wildman–Crippen MR) is 61.8 cm³/mol. The summed E-state index contributed by atoms with van der Waals surface area (Å²) < 4.78 is 2.17. The smallest absolute Gasteiger partial charge is 0.346 e. The molecular weight excluding hydrogens is 210 g/mol. The van der Waals surface area contributed by atoms with Gasteiger partial charge in [-0.2, -0.15) is 0 Å². The lowest BCUT2D eigenvalue weighted by atomic mass is 10.5. The van der Waals surface area contributed by atoms with Crippen LogP contribution in [0, 0.1) is 0 Å². The number of likely N-dealkylation sites (N-methyl/N-ethyl adjacent to an activating group) is 1. The van der Waals surface area contributed by atoms with Crippen LogP contribution in [-0.2, 0) is 14.1 Å². The van der Waals surface area contributed by atoms with Gasteiger partial charge in [-0.3, -0.25) is 9.36 Å². The molecule has 1 rings (SSSR count). The van der Waals surface area contributed by atoms with E-state index in [1.807, 2.05) is 19.0 Å². The first kappa shape index (κ1) is 12.4.